The SMILES string of the molecule is CC[C@H](Oc1ccc(Cl)cc1)C(=O)Nc1ccccc1C. The van der Waals surface area contributed by atoms with E-state index in [1.807, 2.05) is 38.1 Å². The van der Waals surface area contributed by atoms with E-state index in [9.17, 15) is 4.79 Å². The van der Waals surface area contributed by atoms with E-state index >= 15 is 0 Å². The zero-order chi connectivity index (χ0) is 15.2. The van der Waals surface area contributed by atoms with Crippen molar-refractivity contribution in [2.24, 2.45) is 0 Å². The number of hydrogen-bond acceptors (Lipinski definition) is 2. The summed E-state index contributed by atoms with van der Waals surface area (Å²) in [4.78, 5) is 12.3. The number of halogens is 1. The van der Waals surface area contributed by atoms with Gasteiger partial charge in [-0.25, -0.2) is 0 Å². The maximum atomic E-state index is 12.3. The first-order chi connectivity index (χ1) is 10.1. The average Bonchev–Trinajstić information content (AvgIpc) is 2.49. The van der Waals surface area contributed by atoms with E-state index in [2.05, 4.69) is 5.32 Å². The molecule has 2 aromatic carbocycles. The Balaban J connectivity index is 2.05. The summed E-state index contributed by atoms with van der Waals surface area (Å²) in [5.74, 6) is 0.480. The molecule has 3 nitrogen and oxygen atoms in total. The minimum absolute atomic E-state index is 0.151. The number of carbonyl (C=O) groups is 1. The van der Waals surface area contributed by atoms with Gasteiger partial charge in [0.1, 0.15) is 5.75 Å². The number of nitrogens with one attached hydrogen (secondary N) is 1. The minimum Gasteiger partial charge on any atom is -0.481 e. The molecule has 0 heterocycles. The molecule has 0 saturated heterocycles. The highest BCUT2D eigenvalue weighted by Crippen LogP contribution is 2.19. The first-order valence-electron chi connectivity index (χ1n) is 6.89. The maximum absolute atomic E-state index is 12.3. The van der Waals surface area contributed by atoms with Crippen molar-refractivity contribution in [2.75, 3.05) is 5.32 Å². The number of carbonyl (C=O) groups excluding carboxylic acids is 1. The third-order valence-corrected chi connectivity index (χ3v) is 3.41. The summed E-state index contributed by atoms with van der Waals surface area (Å²) in [6, 6.07) is 14.7. The Hall–Kier alpha value is -2.00. The second-order valence-electron chi connectivity index (χ2n) is 4.77. The van der Waals surface area contributed by atoms with Crippen LogP contribution in [0.2, 0.25) is 5.02 Å². The maximum Gasteiger partial charge on any atom is 0.265 e. The molecule has 4 heteroatoms. The van der Waals surface area contributed by atoms with E-state index in [-0.39, 0.29) is 5.91 Å². The van der Waals surface area contributed by atoms with Crippen LogP contribution in [0.1, 0.15) is 18.9 Å². The molecule has 0 aromatic heterocycles. The highest BCUT2D eigenvalue weighted by molar-refractivity contribution is 6.30. The van der Waals surface area contributed by atoms with Crippen LogP contribution < -0.4 is 10.1 Å². The van der Waals surface area contributed by atoms with Crippen molar-refractivity contribution in [3.8, 4) is 5.75 Å². The van der Waals surface area contributed by atoms with Gasteiger partial charge in [0.25, 0.3) is 5.91 Å². The lowest BCUT2D eigenvalue weighted by molar-refractivity contribution is -0.122. The third kappa shape index (κ3) is 4.23. The molecule has 0 unspecified atom stereocenters. The molecule has 0 saturated carbocycles. The second-order valence-corrected chi connectivity index (χ2v) is 5.21. The summed E-state index contributed by atoms with van der Waals surface area (Å²) in [6.45, 7) is 3.87. The molecule has 1 atom stereocenters. The van der Waals surface area contributed by atoms with Gasteiger partial charge in [0.2, 0.25) is 0 Å². The summed E-state index contributed by atoms with van der Waals surface area (Å²) < 4.78 is 5.72. The summed E-state index contributed by atoms with van der Waals surface area (Å²) in [5.41, 5.74) is 1.83. The van der Waals surface area contributed by atoms with Gasteiger partial charge in [-0.05, 0) is 49.2 Å². The molecular weight excluding hydrogens is 286 g/mol. The molecular formula is C17H18ClNO2. The number of hydrogen-bond donors (Lipinski definition) is 1. The molecule has 1 amide bonds. The molecule has 21 heavy (non-hydrogen) atoms. The van der Waals surface area contributed by atoms with Gasteiger partial charge < -0.3 is 10.1 Å². The standard InChI is InChI=1S/C17H18ClNO2/c1-3-16(21-14-10-8-13(18)9-11-14)17(20)19-15-7-5-4-6-12(15)2/h4-11,16H,3H2,1-2H3,(H,19,20)/t16-/m0/s1. The molecule has 2 aromatic rings. The number of benzene rings is 2. The number of ether oxygens (including phenoxy) is 1. The summed E-state index contributed by atoms with van der Waals surface area (Å²) >= 11 is 5.83. The van der Waals surface area contributed by atoms with Crippen molar-refractivity contribution in [3.63, 3.8) is 0 Å². The Morgan fingerprint density at radius 2 is 1.86 bits per heavy atom. The third-order valence-electron chi connectivity index (χ3n) is 3.16. The van der Waals surface area contributed by atoms with Gasteiger partial charge in [-0.15, -0.1) is 0 Å². The van der Waals surface area contributed by atoms with Crippen LogP contribution in [0.3, 0.4) is 0 Å². The minimum atomic E-state index is -0.536. The zero-order valence-electron chi connectivity index (χ0n) is 12.1. The Labute approximate surface area is 129 Å². The Morgan fingerprint density at radius 1 is 1.19 bits per heavy atom. The number of anilines is 1. The topological polar surface area (TPSA) is 38.3 Å². The first-order valence-corrected chi connectivity index (χ1v) is 7.26. The molecule has 0 bridgehead atoms. The molecule has 0 radical (unpaired) electrons. The average molecular weight is 304 g/mol. The normalized spacial score (nSPS) is 11.8. The Morgan fingerprint density at radius 3 is 2.48 bits per heavy atom. The highest BCUT2D eigenvalue weighted by Gasteiger charge is 2.19. The van der Waals surface area contributed by atoms with Gasteiger partial charge in [0.15, 0.2) is 6.10 Å². The fourth-order valence-corrected chi connectivity index (χ4v) is 2.05. The van der Waals surface area contributed by atoms with Crippen molar-refractivity contribution < 1.29 is 9.53 Å². The lowest BCUT2D eigenvalue weighted by Gasteiger charge is -2.18. The zero-order valence-corrected chi connectivity index (χ0v) is 12.9. The van der Waals surface area contributed by atoms with Crippen LogP contribution in [-0.2, 0) is 4.79 Å². The van der Waals surface area contributed by atoms with E-state index < -0.39 is 6.10 Å². The van der Waals surface area contributed by atoms with E-state index in [1.54, 1.807) is 24.3 Å². The van der Waals surface area contributed by atoms with Crippen LogP contribution in [0.15, 0.2) is 48.5 Å². The second kappa shape index (κ2) is 7.14. The summed E-state index contributed by atoms with van der Waals surface area (Å²) in [5, 5.41) is 3.54. The quantitative estimate of drug-likeness (QED) is 0.886. The molecule has 1 N–H and O–H groups in total. The van der Waals surface area contributed by atoms with Gasteiger partial charge in [-0.3, -0.25) is 4.79 Å². The van der Waals surface area contributed by atoms with Crippen molar-refractivity contribution in [2.45, 2.75) is 26.4 Å². The van der Waals surface area contributed by atoms with E-state index in [0.717, 1.165) is 11.3 Å². The predicted molar refractivity (Wildman–Crippen MR) is 86.0 cm³/mol. The van der Waals surface area contributed by atoms with Gasteiger partial charge in [0.05, 0.1) is 0 Å². The molecule has 0 fully saturated rings. The molecule has 2 rings (SSSR count). The van der Waals surface area contributed by atoms with Crippen LogP contribution in [0.25, 0.3) is 0 Å². The number of amides is 1. The molecule has 0 aliphatic carbocycles. The highest BCUT2D eigenvalue weighted by atomic mass is 35.5. The van der Waals surface area contributed by atoms with Crippen LogP contribution >= 0.6 is 11.6 Å². The van der Waals surface area contributed by atoms with Crippen LogP contribution in [0, 0.1) is 6.92 Å². The monoisotopic (exact) mass is 303 g/mol. The molecule has 0 spiro atoms. The van der Waals surface area contributed by atoms with Crippen LogP contribution in [0.5, 0.6) is 5.75 Å². The molecule has 0 aliphatic rings. The van der Waals surface area contributed by atoms with E-state index in [1.165, 1.54) is 0 Å². The molecule has 110 valence electrons. The smallest absolute Gasteiger partial charge is 0.265 e. The Bertz CT molecular complexity index is 610. The van der Waals surface area contributed by atoms with E-state index in [0.29, 0.717) is 17.2 Å². The van der Waals surface area contributed by atoms with Crippen molar-refractivity contribution in [3.05, 3.63) is 59.1 Å². The predicted octanol–water partition coefficient (Wildman–Crippen LogP) is 4.44. The van der Waals surface area contributed by atoms with Crippen molar-refractivity contribution in [1.82, 2.24) is 0 Å². The van der Waals surface area contributed by atoms with Gasteiger partial charge in [-0.1, -0.05) is 36.7 Å². The van der Waals surface area contributed by atoms with Crippen LogP contribution in [0.4, 0.5) is 5.69 Å². The first kappa shape index (κ1) is 15.4. The van der Waals surface area contributed by atoms with Crippen molar-refractivity contribution in [1.29, 1.82) is 0 Å². The number of aryl methyl sites for hydroxylation is 1. The lowest BCUT2D eigenvalue weighted by atomic mass is 10.2. The number of rotatable bonds is 5. The van der Waals surface area contributed by atoms with Crippen molar-refractivity contribution >= 4 is 23.2 Å². The fraction of sp³-hybridized carbons (Fsp3) is 0.235. The fourth-order valence-electron chi connectivity index (χ4n) is 1.93. The van der Waals surface area contributed by atoms with Gasteiger partial charge >= 0.3 is 0 Å². The summed E-state index contributed by atoms with van der Waals surface area (Å²) in [7, 11) is 0. The van der Waals surface area contributed by atoms with Gasteiger partial charge in [0, 0.05) is 10.7 Å². The molecule has 0 aliphatic heterocycles. The van der Waals surface area contributed by atoms with Gasteiger partial charge in [-0.2, -0.15) is 0 Å². The van der Waals surface area contributed by atoms with Crippen LogP contribution in [-0.4, -0.2) is 12.0 Å². The summed E-state index contributed by atoms with van der Waals surface area (Å²) in [6.07, 6.45) is 0.0474. The number of para-hydroxylation sites is 1. The van der Waals surface area contributed by atoms with E-state index in [4.69, 9.17) is 16.3 Å². The largest absolute Gasteiger partial charge is 0.481 e. The lowest BCUT2D eigenvalue weighted by Crippen LogP contribution is -2.32. The Kier molecular flexibility index (Phi) is 5.23.